The van der Waals surface area contributed by atoms with Crippen LogP contribution in [0.15, 0.2) is 40.6 Å². The molecule has 4 nitrogen and oxygen atoms in total. The lowest BCUT2D eigenvalue weighted by Gasteiger charge is -2.10. The summed E-state index contributed by atoms with van der Waals surface area (Å²) in [7, 11) is 0. The van der Waals surface area contributed by atoms with Gasteiger partial charge in [-0.2, -0.15) is 10.2 Å². The third-order valence-corrected chi connectivity index (χ3v) is 3.42. The zero-order valence-corrected chi connectivity index (χ0v) is 12.8. The van der Waals surface area contributed by atoms with E-state index in [1.807, 2.05) is 33.8 Å². The van der Waals surface area contributed by atoms with E-state index in [0.717, 1.165) is 22.4 Å². The summed E-state index contributed by atoms with van der Waals surface area (Å²) in [6, 6.07) is 8.67. The summed E-state index contributed by atoms with van der Waals surface area (Å²) < 4.78 is 0. The molecule has 0 aromatic heterocycles. The van der Waals surface area contributed by atoms with Crippen LogP contribution in [-0.2, 0) is 0 Å². The first-order chi connectivity index (χ1) is 9.88. The van der Waals surface area contributed by atoms with Crippen LogP contribution >= 0.6 is 0 Å². The van der Waals surface area contributed by atoms with E-state index in [0.29, 0.717) is 11.4 Å². The zero-order chi connectivity index (χ0) is 15.6. The first-order valence-electron chi connectivity index (χ1n) is 6.93. The van der Waals surface area contributed by atoms with Crippen molar-refractivity contribution < 1.29 is 10.2 Å². The van der Waals surface area contributed by atoms with Gasteiger partial charge in [-0.25, -0.2) is 0 Å². The van der Waals surface area contributed by atoms with Crippen LogP contribution in [0.5, 0.6) is 11.5 Å². The molecule has 0 bridgehead atoms. The largest absolute Gasteiger partial charge is 0.508 e. The van der Waals surface area contributed by atoms with Crippen molar-refractivity contribution in [2.75, 3.05) is 0 Å². The Balaban J connectivity index is 2.36. The Kier molecular flexibility index (Phi) is 4.26. The predicted molar refractivity (Wildman–Crippen MR) is 84.0 cm³/mol. The van der Waals surface area contributed by atoms with Crippen LogP contribution in [0.3, 0.4) is 0 Å². The van der Waals surface area contributed by atoms with Crippen molar-refractivity contribution in [3.8, 4) is 11.5 Å². The second-order valence-corrected chi connectivity index (χ2v) is 5.52. The molecule has 0 fully saturated rings. The van der Waals surface area contributed by atoms with Gasteiger partial charge in [0.05, 0.1) is 11.4 Å². The fourth-order valence-electron chi connectivity index (χ4n) is 2.08. The summed E-state index contributed by atoms with van der Waals surface area (Å²) >= 11 is 0. The Morgan fingerprint density at radius 3 is 2.19 bits per heavy atom. The number of hydrogen-bond acceptors (Lipinski definition) is 4. The van der Waals surface area contributed by atoms with E-state index >= 15 is 0 Å². The average Bonchev–Trinajstić information content (AvgIpc) is 2.41. The van der Waals surface area contributed by atoms with Gasteiger partial charge in [0.2, 0.25) is 0 Å². The molecule has 2 aromatic rings. The Hall–Kier alpha value is -2.36. The van der Waals surface area contributed by atoms with Gasteiger partial charge in [0.25, 0.3) is 0 Å². The van der Waals surface area contributed by atoms with Crippen molar-refractivity contribution in [1.82, 2.24) is 0 Å². The zero-order valence-electron chi connectivity index (χ0n) is 12.8. The maximum absolute atomic E-state index is 9.94. The maximum Gasteiger partial charge on any atom is 0.119 e. The maximum atomic E-state index is 9.94. The van der Waals surface area contributed by atoms with Crippen LogP contribution in [-0.4, -0.2) is 10.2 Å². The standard InChI is InChI=1S/C17H20N2O2/c1-10(2)14-9-15(11(3)8-17(14)21)19-18-13-5-6-16(20)12(4)7-13/h5-10,20-21H,1-4H3. The fourth-order valence-corrected chi connectivity index (χ4v) is 2.08. The highest BCUT2D eigenvalue weighted by molar-refractivity contribution is 5.54. The smallest absolute Gasteiger partial charge is 0.119 e. The molecule has 0 amide bonds. The first-order valence-corrected chi connectivity index (χ1v) is 6.93. The molecule has 0 saturated heterocycles. The molecule has 2 rings (SSSR count). The SMILES string of the molecule is Cc1cc(N=Nc2cc(C(C)C)c(O)cc2C)ccc1O. The van der Waals surface area contributed by atoms with Crippen LogP contribution in [0.2, 0.25) is 0 Å². The van der Waals surface area contributed by atoms with Gasteiger partial charge in [-0.15, -0.1) is 0 Å². The summed E-state index contributed by atoms with van der Waals surface area (Å²) in [4.78, 5) is 0. The number of phenols is 2. The van der Waals surface area contributed by atoms with Gasteiger partial charge in [-0.1, -0.05) is 13.8 Å². The van der Waals surface area contributed by atoms with Crippen LogP contribution < -0.4 is 0 Å². The van der Waals surface area contributed by atoms with Gasteiger partial charge in [-0.3, -0.25) is 0 Å². The second-order valence-electron chi connectivity index (χ2n) is 5.52. The van der Waals surface area contributed by atoms with E-state index in [1.165, 1.54) is 0 Å². The third-order valence-electron chi connectivity index (χ3n) is 3.42. The molecule has 0 saturated carbocycles. The Morgan fingerprint density at radius 2 is 1.57 bits per heavy atom. The molecule has 0 atom stereocenters. The summed E-state index contributed by atoms with van der Waals surface area (Å²) in [6.07, 6.45) is 0. The molecule has 0 aliphatic carbocycles. The molecule has 0 unspecified atom stereocenters. The minimum atomic E-state index is 0.218. The lowest BCUT2D eigenvalue weighted by molar-refractivity contribution is 0.464. The number of aromatic hydroxyl groups is 2. The van der Waals surface area contributed by atoms with Crippen molar-refractivity contribution in [3.05, 3.63) is 47.0 Å². The minimum absolute atomic E-state index is 0.218. The Morgan fingerprint density at radius 1 is 0.857 bits per heavy atom. The predicted octanol–water partition coefficient (Wildman–Crippen LogP) is 5.25. The molecule has 0 radical (unpaired) electrons. The fraction of sp³-hybridized carbons (Fsp3) is 0.294. The van der Waals surface area contributed by atoms with E-state index in [-0.39, 0.29) is 11.7 Å². The number of aryl methyl sites for hydroxylation is 2. The van der Waals surface area contributed by atoms with Gasteiger partial charge < -0.3 is 10.2 Å². The molecule has 110 valence electrons. The van der Waals surface area contributed by atoms with Gasteiger partial charge in [-0.05, 0) is 66.8 Å². The number of phenolic OH excluding ortho intramolecular Hbond substituents is 2. The van der Waals surface area contributed by atoms with Crippen molar-refractivity contribution in [2.45, 2.75) is 33.6 Å². The number of azo groups is 1. The van der Waals surface area contributed by atoms with Gasteiger partial charge in [0, 0.05) is 0 Å². The highest BCUT2D eigenvalue weighted by Crippen LogP contribution is 2.33. The molecule has 4 heteroatoms. The van der Waals surface area contributed by atoms with E-state index in [2.05, 4.69) is 10.2 Å². The first kappa shape index (κ1) is 15.0. The Bertz CT molecular complexity index is 691. The topological polar surface area (TPSA) is 65.2 Å². The highest BCUT2D eigenvalue weighted by Gasteiger charge is 2.09. The summed E-state index contributed by atoms with van der Waals surface area (Å²) in [5, 5.41) is 27.9. The molecular weight excluding hydrogens is 264 g/mol. The molecule has 21 heavy (non-hydrogen) atoms. The van der Waals surface area contributed by atoms with Gasteiger partial charge in [0.1, 0.15) is 11.5 Å². The summed E-state index contributed by atoms with van der Waals surface area (Å²) in [5.74, 6) is 0.759. The Labute approximate surface area is 124 Å². The van der Waals surface area contributed by atoms with Crippen molar-refractivity contribution >= 4 is 11.4 Å². The average molecular weight is 284 g/mol. The number of nitrogens with zero attached hydrogens (tertiary/aromatic N) is 2. The number of benzene rings is 2. The van der Waals surface area contributed by atoms with Crippen molar-refractivity contribution in [1.29, 1.82) is 0 Å². The molecule has 0 aliphatic heterocycles. The van der Waals surface area contributed by atoms with Gasteiger partial charge >= 0.3 is 0 Å². The molecule has 0 aliphatic rings. The molecular formula is C17H20N2O2. The van der Waals surface area contributed by atoms with Gasteiger partial charge in [0.15, 0.2) is 0 Å². The number of hydrogen-bond donors (Lipinski definition) is 2. The molecule has 2 N–H and O–H groups in total. The van der Waals surface area contributed by atoms with Crippen molar-refractivity contribution in [3.63, 3.8) is 0 Å². The van der Waals surface area contributed by atoms with Crippen molar-refractivity contribution in [2.24, 2.45) is 10.2 Å². The van der Waals surface area contributed by atoms with E-state index in [9.17, 15) is 10.2 Å². The highest BCUT2D eigenvalue weighted by atomic mass is 16.3. The summed E-state index contributed by atoms with van der Waals surface area (Å²) in [5.41, 5.74) is 3.91. The quantitative estimate of drug-likeness (QED) is 0.755. The molecule has 0 heterocycles. The summed E-state index contributed by atoms with van der Waals surface area (Å²) in [6.45, 7) is 7.75. The van der Waals surface area contributed by atoms with Crippen LogP contribution in [0.1, 0.15) is 36.5 Å². The monoisotopic (exact) mass is 284 g/mol. The normalized spacial score (nSPS) is 11.5. The lowest BCUT2D eigenvalue weighted by Crippen LogP contribution is -1.89. The van der Waals surface area contributed by atoms with Crippen LogP contribution in [0, 0.1) is 13.8 Å². The molecule has 2 aromatic carbocycles. The van der Waals surface area contributed by atoms with E-state index in [4.69, 9.17) is 0 Å². The third kappa shape index (κ3) is 3.40. The minimum Gasteiger partial charge on any atom is -0.508 e. The van der Waals surface area contributed by atoms with E-state index in [1.54, 1.807) is 24.3 Å². The van der Waals surface area contributed by atoms with Crippen LogP contribution in [0.4, 0.5) is 11.4 Å². The molecule has 0 spiro atoms. The second kappa shape index (κ2) is 5.95. The lowest BCUT2D eigenvalue weighted by atomic mass is 9.99. The number of rotatable bonds is 3. The van der Waals surface area contributed by atoms with Crippen LogP contribution in [0.25, 0.3) is 0 Å². The van der Waals surface area contributed by atoms with E-state index < -0.39 is 0 Å².